The molecule has 1 saturated heterocycles. The predicted molar refractivity (Wildman–Crippen MR) is 91.0 cm³/mol. The molecule has 0 unspecified atom stereocenters. The zero-order valence-corrected chi connectivity index (χ0v) is 14.0. The Labute approximate surface area is 144 Å². The summed E-state index contributed by atoms with van der Waals surface area (Å²) in [5.41, 5.74) is 2.27. The van der Waals surface area contributed by atoms with Crippen molar-refractivity contribution >= 4 is 27.6 Å². The number of hydrogen-bond acceptors (Lipinski definition) is 7. The molecule has 1 aromatic heterocycles. The summed E-state index contributed by atoms with van der Waals surface area (Å²) in [5, 5.41) is 15.2. The molecule has 132 valence electrons. The molecule has 1 fully saturated rings. The van der Waals surface area contributed by atoms with Gasteiger partial charge in [-0.3, -0.25) is 15.5 Å². The molecule has 10 heteroatoms. The van der Waals surface area contributed by atoms with Crippen LogP contribution in [0.15, 0.2) is 51.0 Å². The highest BCUT2D eigenvalue weighted by molar-refractivity contribution is 7.89. The van der Waals surface area contributed by atoms with Gasteiger partial charge in [-0.15, -0.1) is 0 Å². The first kappa shape index (κ1) is 17.1. The number of nitro benzene ring substituents is 1. The molecule has 0 saturated carbocycles. The third-order valence-corrected chi connectivity index (χ3v) is 5.68. The van der Waals surface area contributed by atoms with Crippen molar-refractivity contribution in [3.63, 3.8) is 0 Å². The first-order valence-corrected chi connectivity index (χ1v) is 9.03. The van der Waals surface area contributed by atoms with Gasteiger partial charge in [0, 0.05) is 19.2 Å². The number of sulfonamides is 1. The maximum Gasteiger partial charge on any atom is 0.295 e. The van der Waals surface area contributed by atoms with Crippen LogP contribution in [-0.4, -0.2) is 37.0 Å². The summed E-state index contributed by atoms with van der Waals surface area (Å²) >= 11 is 0. The molecule has 25 heavy (non-hydrogen) atoms. The lowest BCUT2D eigenvalue weighted by atomic mass is 10.3. The summed E-state index contributed by atoms with van der Waals surface area (Å²) in [6.45, 7) is 0.868. The Morgan fingerprint density at radius 3 is 2.68 bits per heavy atom. The molecule has 2 aromatic rings. The second-order valence-corrected chi connectivity index (χ2v) is 7.37. The average Bonchev–Trinajstić information content (AvgIpc) is 3.28. The van der Waals surface area contributed by atoms with Crippen LogP contribution in [-0.2, 0) is 10.0 Å². The van der Waals surface area contributed by atoms with Gasteiger partial charge in [-0.2, -0.15) is 9.41 Å². The van der Waals surface area contributed by atoms with Crippen molar-refractivity contribution in [3.8, 4) is 0 Å². The van der Waals surface area contributed by atoms with Gasteiger partial charge in [0.05, 0.1) is 22.3 Å². The average molecular weight is 364 g/mol. The molecule has 3 rings (SSSR count). The molecule has 0 bridgehead atoms. The van der Waals surface area contributed by atoms with Crippen molar-refractivity contribution in [1.29, 1.82) is 0 Å². The molecule has 0 aliphatic carbocycles. The normalized spacial score (nSPS) is 15.7. The molecule has 2 heterocycles. The smallest absolute Gasteiger partial charge is 0.295 e. The molecule has 0 amide bonds. The second kappa shape index (κ2) is 7.03. The maximum atomic E-state index is 12.5. The highest BCUT2D eigenvalue weighted by Gasteiger charge is 2.29. The Balaban J connectivity index is 1.86. The van der Waals surface area contributed by atoms with Crippen molar-refractivity contribution < 1.29 is 17.8 Å². The topological polar surface area (TPSA) is 118 Å². The highest BCUT2D eigenvalue weighted by atomic mass is 32.2. The summed E-state index contributed by atoms with van der Waals surface area (Å²) in [6.07, 6.45) is 4.42. The van der Waals surface area contributed by atoms with Crippen LogP contribution in [0.4, 0.5) is 11.4 Å². The second-order valence-electron chi connectivity index (χ2n) is 5.43. The molecule has 1 N–H and O–H groups in total. The van der Waals surface area contributed by atoms with E-state index in [1.54, 1.807) is 12.1 Å². The van der Waals surface area contributed by atoms with Gasteiger partial charge in [-0.25, -0.2) is 8.42 Å². The Kier molecular flexibility index (Phi) is 4.81. The number of nitro groups is 1. The lowest BCUT2D eigenvalue weighted by Crippen LogP contribution is -2.27. The van der Waals surface area contributed by atoms with Gasteiger partial charge in [0.1, 0.15) is 11.4 Å². The Bertz CT molecular complexity index is 887. The molecule has 9 nitrogen and oxygen atoms in total. The number of benzene rings is 1. The number of nitrogens with zero attached hydrogens (tertiary/aromatic N) is 3. The minimum absolute atomic E-state index is 0.0909. The SMILES string of the molecule is O=[N+]([O-])c1cc(S(=O)(=O)N2CCCC2)ccc1N/N=C\c1ccco1. The van der Waals surface area contributed by atoms with Crippen molar-refractivity contribution in [2.24, 2.45) is 5.10 Å². The van der Waals surface area contributed by atoms with Crippen LogP contribution in [0.5, 0.6) is 0 Å². The van der Waals surface area contributed by atoms with E-state index in [4.69, 9.17) is 4.42 Å². The summed E-state index contributed by atoms with van der Waals surface area (Å²) in [6, 6.07) is 7.08. The van der Waals surface area contributed by atoms with Gasteiger partial charge >= 0.3 is 0 Å². The summed E-state index contributed by atoms with van der Waals surface area (Å²) in [7, 11) is -3.72. The van der Waals surface area contributed by atoms with Gasteiger partial charge in [-0.05, 0) is 37.1 Å². The third kappa shape index (κ3) is 3.69. The number of furan rings is 1. The lowest BCUT2D eigenvalue weighted by molar-refractivity contribution is -0.384. The number of hydrazone groups is 1. The molecule has 0 atom stereocenters. The van der Waals surface area contributed by atoms with Crippen molar-refractivity contribution in [3.05, 3.63) is 52.5 Å². The van der Waals surface area contributed by atoms with E-state index < -0.39 is 14.9 Å². The molecule has 1 aliphatic heterocycles. The fourth-order valence-electron chi connectivity index (χ4n) is 2.53. The van der Waals surface area contributed by atoms with Crippen molar-refractivity contribution in [1.82, 2.24) is 4.31 Å². The zero-order valence-electron chi connectivity index (χ0n) is 13.2. The van der Waals surface area contributed by atoms with Crippen LogP contribution >= 0.6 is 0 Å². The first-order chi connectivity index (χ1) is 12.0. The van der Waals surface area contributed by atoms with Crippen LogP contribution < -0.4 is 5.43 Å². The zero-order chi connectivity index (χ0) is 17.9. The minimum Gasteiger partial charge on any atom is -0.463 e. The fourth-order valence-corrected chi connectivity index (χ4v) is 4.06. The highest BCUT2D eigenvalue weighted by Crippen LogP contribution is 2.30. The van der Waals surface area contributed by atoms with Crippen LogP contribution in [0.1, 0.15) is 18.6 Å². The maximum absolute atomic E-state index is 12.5. The first-order valence-electron chi connectivity index (χ1n) is 7.59. The van der Waals surface area contributed by atoms with Crippen LogP contribution in [0.2, 0.25) is 0 Å². The lowest BCUT2D eigenvalue weighted by Gasteiger charge is -2.15. The van der Waals surface area contributed by atoms with Crippen LogP contribution in [0.3, 0.4) is 0 Å². The van der Waals surface area contributed by atoms with Gasteiger partial charge < -0.3 is 4.42 Å². The quantitative estimate of drug-likeness (QED) is 0.478. The molecule has 0 spiro atoms. The largest absolute Gasteiger partial charge is 0.463 e. The predicted octanol–water partition coefficient (Wildman–Crippen LogP) is 2.42. The number of hydrogen-bond donors (Lipinski definition) is 1. The summed E-state index contributed by atoms with van der Waals surface area (Å²) in [4.78, 5) is 10.6. The molecular formula is C15H16N4O5S. The van der Waals surface area contributed by atoms with Gasteiger partial charge in [0.15, 0.2) is 0 Å². The minimum atomic E-state index is -3.72. The van der Waals surface area contributed by atoms with Crippen LogP contribution in [0.25, 0.3) is 0 Å². The fraction of sp³-hybridized carbons (Fsp3) is 0.267. The van der Waals surface area contributed by atoms with E-state index in [1.807, 2.05) is 0 Å². The molecule has 1 aliphatic rings. The third-order valence-electron chi connectivity index (χ3n) is 3.79. The molecule has 0 radical (unpaired) electrons. The number of anilines is 1. The number of nitrogens with one attached hydrogen (secondary N) is 1. The monoisotopic (exact) mass is 364 g/mol. The van der Waals surface area contributed by atoms with E-state index in [1.165, 1.54) is 28.9 Å². The summed E-state index contributed by atoms with van der Waals surface area (Å²) < 4.78 is 31.5. The van der Waals surface area contributed by atoms with E-state index >= 15 is 0 Å². The summed E-state index contributed by atoms with van der Waals surface area (Å²) in [5.74, 6) is 0.475. The van der Waals surface area contributed by atoms with Crippen molar-refractivity contribution in [2.45, 2.75) is 17.7 Å². The van der Waals surface area contributed by atoms with Gasteiger partial charge in [-0.1, -0.05) is 0 Å². The van der Waals surface area contributed by atoms with Crippen LogP contribution in [0, 0.1) is 10.1 Å². The van der Waals surface area contributed by atoms with E-state index in [-0.39, 0.29) is 16.3 Å². The van der Waals surface area contributed by atoms with E-state index in [2.05, 4.69) is 10.5 Å². The number of rotatable bonds is 6. The van der Waals surface area contributed by atoms with E-state index in [9.17, 15) is 18.5 Å². The van der Waals surface area contributed by atoms with Crippen molar-refractivity contribution in [2.75, 3.05) is 18.5 Å². The molecule has 1 aromatic carbocycles. The Hall–Kier alpha value is -2.72. The van der Waals surface area contributed by atoms with Gasteiger partial charge in [0.2, 0.25) is 10.0 Å². The van der Waals surface area contributed by atoms with Gasteiger partial charge in [0.25, 0.3) is 5.69 Å². The Morgan fingerprint density at radius 1 is 1.28 bits per heavy atom. The van der Waals surface area contributed by atoms with E-state index in [0.717, 1.165) is 18.9 Å². The standard InChI is InChI=1S/C15H16N4O5S/c20-19(21)15-10-13(25(22,23)18-7-1-2-8-18)5-6-14(15)17-16-11-12-4-3-9-24-12/h3-6,9-11,17H,1-2,7-8H2/b16-11-. The Morgan fingerprint density at radius 2 is 2.04 bits per heavy atom. The van der Waals surface area contributed by atoms with E-state index in [0.29, 0.717) is 18.8 Å². The molecular weight excluding hydrogens is 348 g/mol.